The van der Waals surface area contributed by atoms with Crippen LogP contribution in [0.1, 0.15) is 18.4 Å². The lowest BCUT2D eigenvalue weighted by atomic mass is 10.2. The normalized spacial score (nSPS) is 10.6. The van der Waals surface area contributed by atoms with Crippen molar-refractivity contribution in [2.24, 2.45) is 0 Å². The molecule has 1 N–H and O–H groups in total. The first kappa shape index (κ1) is 10.8. The minimum Gasteiger partial charge on any atom is -0.481 e. The van der Waals surface area contributed by atoms with E-state index in [9.17, 15) is 4.79 Å². The van der Waals surface area contributed by atoms with Crippen LogP contribution in [0, 0.1) is 0 Å². The van der Waals surface area contributed by atoms with Gasteiger partial charge in [0.1, 0.15) is 0 Å². The van der Waals surface area contributed by atoms with Crippen molar-refractivity contribution >= 4 is 23.6 Å². The fraction of sp³-hybridized carbons (Fsp3) is 0.182. The molecule has 0 aromatic heterocycles. The van der Waals surface area contributed by atoms with Crippen molar-refractivity contribution in [1.29, 1.82) is 0 Å². The molecule has 0 saturated heterocycles. The van der Waals surface area contributed by atoms with Crippen molar-refractivity contribution in [2.45, 2.75) is 12.8 Å². The molecule has 0 aliphatic heterocycles. The van der Waals surface area contributed by atoms with Gasteiger partial charge >= 0.3 is 5.97 Å². The second-order valence-electron chi connectivity index (χ2n) is 2.89. The Hall–Kier alpha value is -1.28. The molecular weight excluding hydrogens is 200 g/mol. The van der Waals surface area contributed by atoms with Gasteiger partial charge in [-0.2, -0.15) is 0 Å². The highest BCUT2D eigenvalue weighted by Crippen LogP contribution is 2.12. The van der Waals surface area contributed by atoms with E-state index in [0.29, 0.717) is 11.4 Å². The Morgan fingerprint density at radius 1 is 1.50 bits per heavy atom. The quantitative estimate of drug-likeness (QED) is 0.829. The van der Waals surface area contributed by atoms with E-state index in [0.717, 1.165) is 5.56 Å². The van der Waals surface area contributed by atoms with Crippen LogP contribution < -0.4 is 0 Å². The summed E-state index contributed by atoms with van der Waals surface area (Å²) in [6, 6.07) is 7.41. The van der Waals surface area contributed by atoms with Gasteiger partial charge in [0.25, 0.3) is 0 Å². The third-order valence-corrected chi connectivity index (χ3v) is 1.92. The van der Waals surface area contributed by atoms with Crippen LogP contribution in [0.25, 0.3) is 6.08 Å². The van der Waals surface area contributed by atoms with Crippen LogP contribution in [0.4, 0.5) is 0 Å². The zero-order valence-corrected chi connectivity index (χ0v) is 8.37. The number of halogens is 1. The summed E-state index contributed by atoms with van der Waals surface area (Å²) in [5.41, 5.74) is 0.989. The highest BCUT2D eigenvalue weighted by Gasteiger charge is 1.92. The van der Waals surface area contributed by atoms with Crippen LogP contribution in [0.3, 0.4) is 0 Å². The van der Waals surface area contributed by atoms with E-state index in [2.05, 4.69) is 0 Å². The summed E-state index contributed by atoms with van der Waals surface area (Å²) in [5.74, 6) is -0.777. The van der Waals surface area contributed by atoms with Gasteiger partial charge in [-0.25, -0.2) is 0 Å². The fourth-order valence-electron chi connectivity index (χ4n) is 1.04. The van der Waals surface area contributed by atoms with Crippen molar-refractivity contribution < 1.29 is 9.90 Å². The van der Waals surface area contributed by atoms with Crippen LogP contribution >= 0.6 is 11.6 Å². The monoisotopic (exact) mass is 210 g/mol. The summed E-state index contributed by atoms with van der Waals surface area (Å²) in [4.78, 5) is 10.2. The molecule has 3 heteroatoms. The Labute approximate surface area is 87.8 Å². The molecule has 1 rings (SSSR count). The minimum atomic E-state index is -0.777. The van der Waals surface area contributed by atoms with Crippen LogP contribution in [0.5, 0.6) is 0 Å². The third kappa shape index (κ3) is 4.10. The average molecular weight is 211 g/mol. The summed E-state index contributed by atoms with van der Waals surface area (Å²) < 4.78 is 0. The zero-order chi connectivity index (χ0) is 10.4. The molecular formula is C11H11ClO2. The Bertz CT molecular complexity index is 345. The van der Waals surface area contributed by atoms with Crippen LogP contribution in [0.15, 0.2) is 30.3 Å². The van der Waals surface area contributed by atoms with Crippen molar-refractivity contribution in [2.75, 3.05) is 0 Å². The molecule has 0 fully saturated rings. The van der Waals surface area contributed by atoms with Gasteiger partial charge in [0.05, 0.1) is 0 Å². The molecule has 1 aromatic carbocycles. The van der Waals surface area contributed by atoms with Gasteiger partial charge in [-0.1, -0.05) is 35.9 Å². The first-order chi connectivity index (χ1) is 6.68. The van der Waals surface area contributed by atoms with Gasteiger partial charge < -0.3 is 5.11 Å². The number of carboxylic acid groups (broad SMARTS) is 1. The Kier molecular flexibility index (Phi) is 4.20. The molecule has 74 valence electrons. The van der Waals surface area contributed by atoms with Crippen LogP contribution in [-0.4, -0.2) is 11.1 Å². The maximum absolute atomic E-state index is 10.2. The first-order valence-electron chi connectivity index (χ1n) is 4.32. The number of allylic oxidation sites excluding steroid dienone is 1. The lowest BCUT2D eigenvalue weighted by Gasteiger charge is -1.93. The molecule has 14 heavy (non-hydrogen) atoms. The average Bonchev–Trinajstić information content (AvgIpc) is 2.12. The molecule has 0 amide bonds. The van der Waals surface area contributed by atoms with E-state index in [-0.39, 0.29) is 6.42 Å². The smallest absolute Gasteiger partial charge is 0.303 e. The van der Waals surface area contributed by atoms with Gasteiger partial charge in [0.2, 0.25) is 0 Å². The summed E-state index contributed by atoms with van der Waals surface area (Å²) in [5, 5.41) is 9.09. The molecule has 0 radical (unpaired) electrons. The van der Waals surface area contributed by atoms with Gasteiger partial charge in [0.15, 0.2) is 0 Å². The highest BCUT2D eigenvalue weighted by molar-refractivity contribution is 6.30. The molecule has 0 aliphatic carbocycles. The van der Waals surface area contributed by atoms with Gasteiger partial charge in [-0.15, -0.1) is 0 Å². The van der Waals surface area contributed by atoms with E-state index < -0.39 is 5.97 Å². The Morgan fingerprint density at radius 3 is 2.93 bits per heavy atom. The number of carbonyl (C=O) groups is 1. The lowest BCUT2D eigenvalue weighted by molar-refractivity contribution is -0.136. The third-order valence-electron chi connectivity index (χ3n) is 1.68. The molecule has 0 unspecified atom stereocenters. The lowest BCUT2D eigenvalue weighted by Crippen LogP contribution is -1.91. The van der Waals surface area contributed by atoms with Crippen molar-refractivity contribution in [3.8, 4) is 0 Å². The van der Waals surface area contributed by atoms with Crippen molar-refractivity contribution in [1.82, 2.24) is 0 Å². The zero-order valence-electron chi connectivity index (χ0n) is 7.61. The topological polar surface area (TPSA) is 37.3 Å². The molecule has 0 bridgehead atoms. The SMILES string of the molecule is O=C(O)CC/C=C/c1cccc(Cl)c1. The van der Waals surface area contributed by atoms with Gasteiger partial charge in [0, 0.05) is 11.4 Å². The Balaban J connectivity index is 2.47. The second-order valence-corrected chi connectivity index (χ2v) is 3.33. The summed E-state index contributed by atoms with van der Waals surface area (Å²) in [7, 11) is 0. The molecule has 2 nitrogen and oxygen atoms in total. The van der Waals surface area contributed by atoms with E-state index in [4.69, 9.17) is 16.7 Å². The summed E-state index contributed by atoms with van der Waals surface area (Å²) >= 11 is 5.78. The highest BCUT2D eigenvalue weighted by atomic mass is 35.5. The van der Waals surface area contributed by atoms with E-state index >= 15 is 0 Å². The predicted octanol–water partition coefficient (Wildman–Crippen LogP) is 3.22. The predicted molar refractivity (Wildman–Crippen MR) is 57.4 cm³/mol. The number of aliphatic carboxylic acids is 1. The standard InChI is InChI=1S/C11H11ClO2/c12-10-6-3-5-9(8-10)4-1-2-7-11(13)14/h1,3-6,8H,2,7H2,(H,13,14)/b4-1+. The van der Waals surface area contributed by atoms with Crippen molar-refractivity contribution in [3.63, 3.8) is 0 Å². The maximum Gasteiger partial charge on any atom is 0.303 e. The first-order valence-corrected chi connectivity index (χ1v) is 4.70. The molecule has 0 aliphatic rings. The molecule has 1 aromatic rings. The summed E-state index contributed by atoms with van der Waals surface area (Å²) in [6.07, 6.45) is 4.41. The van der Waals surface area contributed by atoms with Crippen LogP contribution in [0.2, 0.25) is 5.02 Å². The largest absolute Gasteiger partial charge is 0.481 e. The number of benzene rings is 1. The molecule has 0 spiro atoms. The van der Waals surface area contributed by atoms with E-state index in [1.807, 2.05) is 30.4 Å². The number of carboxylic acids is 1. The molecule has 0 atom stereocenters. The number of rotatable bonds is 4. The molecule has 0 saturated carbocycles. The van der Waals surface area contributed by atoms with Gasteiger partial charge in [-0.05, 0) is 24.1 Å². The van der Waals surface area contributed by atoms with E-state index in [1.165, 1.54) is 0 Å². The van der Waals surface area contributed by atoms with Crippen LogP contribution in [-0.2, 0) is 4.79 Å². The number of hydrogen-bond acceptors (Lipinski definition) is 1. The maximum atomic E-state index is 10.2. The second kappa shape index (κ2) is 5.45. The minimum absolute atomic E-state index is 0.164. The summed E-state index contributed by atoms with van der Waals surface area (Å²) in [6.45, 7) is 0. The number of hydrogen-bond donors (Lipinski definition) is 1. The van der Waals surface area contributed by atoms with Crippen molar-refractivity contribution in [3.05, 3.63) is 40.9 Å². The molecule has 0 heterocycles. The van der Waals surface area contributed by atoms with E-state index in [1.54, 1.807) is 6.07 Å². The fourth-order valence-corrected chi connectivity index (χ4v) is 1.24. The Morgan fingerprint density at radius 2 is 2.29 bits per heavy atom. The van der Waals surface area contributed by atoms with Gasteiger partial charge in [-0.3, -0.25) is 4.79 Å².